The molecule has 2 aromatic rings. The number of carbonyl (C=O) groups is 1. The Morgan fingerprint density at radius 1 is 0.926 bits per heavy atom. The topological polar surface area (TPSA) is 55.8 Å². The summed E-state index contributed by atoms with van der Waals surface area (Å²) in [6.07, 6.45) is 0.662. The van der Waals surface area contributed by atoms with Crippen LogP contribution in [-0.2, 0) is 11.2 Å². The van der Waals surface area contributed by atoms with Crippen molar-refractivity contribution in [3.63, 3.8) is 0 Å². The van der Waals surface area contributed by atoms with E-state index in [2.05, 4.69) is 0 Å². The molecule has 0 bridgehead atoms. The molecule has 2 aromatic carbocycles. The molecule has 0 saturated carbocycles. The van der Waals surface area contributed by atoms with Crippen LogP contribution in [0, 0.1) is 20.8 Å². The quantitative estimate of drug-likeness (QED) is 0.628. The predicted octanol–water partition coefficient (Wildman–Crippen LogP) is 6.48. The normalized spacial score (nSPS) is 9.33. The Balaban J connectivity index is 0.00000158. The molecule has 0 amide bonds. The number of aryl methyl sites for hydroxylation is 4. The van der Waals surface area contributed by atoms with Crippen molar-refractivity contribution >= 4 is 5.97 Å². The largest absolute Gasteiger partial charge is 0.496 e. The third-order valence-corrected chi connectivity index (χ3v) is 3.73. The van der Waals surface area contributed by atoms with Crippen LogP contribution in [0.3, 0.4) is 0 Å². The van der Waals surface area contributed by atoms with Gasteiger partial charge in [0.25, 0.3) is 0 Å². The van der Waals surface area contributed by atoms with E-state index in [1.54, 1.807) is 7.11 Å². The lowest BCUT2D eigenvalue weighted by Gasteiger charge is -2.15. The lowest BCUT2D eigenvalue weighted by Crippen LogP contribution is -1.99. The standard InChI is InChI=1S/C19H22O4.2C2H6/c1-12-11-16(6-7-17(12)22-4)23-19-13(2)9-15(10-14(19)3)5-8-18(20)21;2*1-2/h6-7,9-11H,5,8H2,1-4H3,(H,20,21);2*1-2H3. The zero-order valence-electron chi connectivity index (χ0n) is 18.0. The molecule has 0 radical (unpaired) electrons. The van der Waals surface area contributed by atoms with Crippen LogP contribution in [0.4, 0.5) is 0 Å². The molecule has 2 rings (SSSR count). The van der Waals surface area contributed by atoms with E-state index in [9.17, 15) is 4.79 Å². The summed E-state index contributed by atoms with van der Waals surface area (Å²) in [4.78, 5) is 10.7. The van der Waals surface area contributed by atoms with Crippen LogP contribution in [0.15, 0.2) is 30.3 Å². The van der Waals surface area contributed by atoms with Gasteiger partial charge in [0.2, 0.25) is 0 Å². The maximum absolute atomic E-state index is 10.7. The first-order chi connectivity index (χ1) is 12.9. The highest BCUT2D eigenvalue weighted by atomic mass is 16.5. The zero-order valence-corrected chi connectivity index (χ0v) is 18.0. The lowest BCUT2D eigenvalue weighted by atomic mass is 10.0. The molecule has 0 spiro atoms. The summed E-state index contributed by atoms with van der Waals surface area (Å²) in [6.45, 7) is 13.9. The van der Waals surface area contributed by atoms with Gasteiger partial charge in [-0.15, -0.1) is 0 Å². The monoisotopic (exact) mass is 374 g/mol. The summed E-state index contributed by atoms with van der Waals surface area (Å²) in [5, 5.41) is 8.80. The smallest absolute Gasteiger partial charge is 0.303 e. The van der Waals surface area contributed by atoms with Crippen LogP contribution < -0.4 is 9.47 Å². The van der Waals surface area contributed by atoms with Gasteiger partial charge in [-0.2, -0.15) is 0 Å². The van der Waals surface area contributed by atoms with E-state index in [0.717, 1.165) is 39.5 Å². The highest BCUT2D eigenvalue weighted by Crippen LogP contribution is 2.32. The maximum atomic E-state index is 10.7. The van der Waals surface area contributed by atoms with Crippen LogP contribution in [0.1, 0.15) is 56.4 Å². The second-order valence-corrected chi connectivity index (χ2v) is 5.69. The van der Waals surface area contributed by atoms with Gasteiger partial charge in [0, 0.05) is 6.42 Å². The van der Waals surface area contributed by atoms with Gasteiger partial charge in [-0.3, -0.25) is 4.79 Å². The minimum absolute atomic E-state index is 0.136. The number of hydrogen-bond donors (Lipinski definition) is 1. The molecule has 4 nitrogen and oxygen atoms in total. The van der Waals surface area contributed by atoms with E-state index >= 15 is 0 Å². The summed E-state index contributed by atoms with van der Waals surface area (Å²) in [5.41, 5.74) is 4.02. The van der Waals surface area contributed by atoms with Crippen molar-refractivity contribution in [1.29, 1.82) is 0 Å². The molecule has 0 aliphatic rings. The number of ether oxygens (including phenoxy) is 2. The summed E-state index contributed by atoms with van der Waals surface area (Å²) in [5.74, 6) is 1.62. The van der Waals surface area contributed by atoms with Crippen LogP contribution in [0.2, 0.25) is 0 Å². The average molecular weight is 375 g/mol. The Morgan fingerprint density at radius 3 is 1.93 bits per heavy atom. The zero-order chi connectivity index (χ0) is 21.0. The first-order valence-electron chi connectivity index (χ1n) is 9.55. The summed E-state index contributed by atoms with van der Waals surface area (Å²) in [6, 6.07) is 9.68. The molecule has 0 aliphatic carbocycles. The third-order valence-electron chi connectivity index (χ3n) is 3.73. The Labute approximate surface area is 164 Å². The molecule has 27 heavy (non-hydrogen) atoms. The van der Waals surface area contributed by atoms with Crippen LogP contribution in [-0.4, -0.2) is 18.2 Å². The van der Waals surface area contributed by atoms with Gasteiger partial charge >= 0.3 is 5.97 Å². The van der Waals surface area contributed by atoms with Crippen LogP contribution in [0.25, 0.3) is 0 Å². The predicted molar refractivity (Wildman–Crippen MR) is 112 cm³/mol. The van der Waals surface area contributed by atoms with Gasteiger partial charge in [-0.05, 0) is 67.6 Å². The maximum Gasteiger partial charge on any atom is 0.303 e. The minimum atomic E-state index is -0.783. The average Bonchev–Trinajstić information content (AvgIpc) is 2.66. The van der Waals surface area contributed by atoms with Gasteiger partial charge in [-0.1, -0.05) is 39.8 Å². The van der Waals surface area contributed by atoms with Gasteiger partial charge in [0.15, 0.2) is 0 Å². The number of aliphatic carboxylic acids is 1. The fraction of sp³-hybridized carbons (Fsp3) is 0.435. The number of methoxy groups -OCH3 is 1. The van der Waals surface area contributed by atoms with E-state index < -0.39 is 5.97 Å². The van der Waals surface area contributed by atoms with Crippen molar-refractivity contribution in [2.75, 3.05) is 7.11 Å². The lowest BCUT2D eigenvalue weighted by molar-refractivity contribution is -0.136. The second kappa shape index (κ2) is 12.8. The highest BCUT2D eigenvalue weighted by molar-refractivity contribution is 5.67. The van der Waals surface area contributed by atoms with E-state index in [1.165, 1.54) is 0 Å². The van der Waals surface area contributed by atoms with Crippen LogP contribution >= 0.6 is 0 Å². The van der Waals surface area contributed by atoms with Gasteiger partial charge in [0.1, 0.15) is 17.2 Å². The highest BCUT2D eigenvalue weighted by Gasteiger charge is 2.10. The first kappa shape index (κ1) is 24.5. The summed E-state index contributed by atoms with van der Waals surface area (Å²) in [7, 11) is 1.65. The molecule has 0 fully saturated rings. The Hall–Kier alpha value is -2.49. The third kappa shape index (κ3) is 7.73. The van der Waals surface area contributed by atoms with Crippen molar-refractivity contribution in [2.45, 2.75) is 61.3 Å². The molecular formula is C23H34O4. The molecule has 0 atom stereocenters. The number of carboxylic acids is 1. The molecule has 0 aliphatic heterocycles. The van der Waals surface area contributed by atoms with Crippen molar-refractivity contribution in [3.8, 4) is 17.2 Å². The van der Waals surface area contributed by atoms with Gasteiger partial charge in [0.05, 0.1) is 7.11 Å². The van der Waals surface area contributed by atoms with Crippen LogP contribution in [0.5, 0.6) is 17.2 Å². The molecule has 1 N–H and O–H groups in total. The van der Waals surface area contributed by atoms with E-state index in [0.29, 0.717) is 6.42 Å². The minimum Gasteiger partial charge on any atom is -0.496 e. The summed E-state index contributed by atoms with van der Waals surface area (Å²) >= 11 is 0. The SMILES string of the molecule is CC.CC.COc1ccc(Oc2c(C)cc(CCC(=O)O)cc2C)cc1C. The van der Waals surface area contributed by atoms with Crippen molar-refractivity contribution in [1.82, 2.24) is 0 Å². The second-order valence-electron chi connectivity index (χ2n) is 5.69. The van der Waals surface area contributed by atoms with Gasteiger partial charge in [-0.25, -0.2) is 0 Å². The molecular weight excluding hydrogens is 340 g/mol. The van der Waals surface area contributed by atoms with E-state index in [-0.39, 0.29) is 6.42 Å². The Morgan fingerprint density at radius 2 is 1.48 bits per heavy atom. The molecule has 0 heterocycles. The number of hydrogen-bond acceptors (Lipinski definition) is 3. The molecule has 0 saturated heterocycles. The van der Waals surface area contributed by atoms with Crippen molar-refractivity contribution < 1.29 is 19.4 Å². The van der Waals surface area contributed by atoms with Crippen molar-refractivity contribution in [3.05, 3.63) is 52.6 Å². The van der Waals surface area contributed by atoms with E-state index in [4.69, 9.17) is 14.6 Å². The number of benzene rings is 2. The molecule has 150 valence electrons. The fourth-order valence-corrected chi connectivity index (χ4v) is 2.63. The summed E-state index contributed by atoms with van der Waals surface area (Å²) < 4.78 is 11.3. The van der Waals surface area contributed by atoms with Crippen molar-refractivity contribution in [2.24, 2.45) is 0 Å². The fourth-order valence-electron chi connectivity index (χ4n) is 2.63. The molecule has 0 unspecified atom stereocenters. The first-order valence-corrected chi connectivity index (χ1v) is 9.55. The number of rotatable bonds is 6. The Bertz CT molecular complexity index is 697. The van der Waals surface area contributed by atoms with E-state index in [1.807, 2.05) is 78.8 Å². The number of carboxylic acid groups (broad SMARTS) is 1. The molecule has 0 aromatic heterocycles. The Kier molecular flexibility index (Phi) is 11.6. The van der Waals surface area contributed by atoms with Gasteiger partial charge < -0.3 is 14.6 Å². The molecule has 4 heteroatoms.